The van der Waals surface area contributed by atoms with Crippen LogP contribution in [-0.2, 0) is 33.1 Å². The highest BCUT2D eigenvalue weighted by Gasteiger charge is 2.33. The third-order valence-electron chi connectivity index (χ3n) is 3.10. The first kappa shape index (κ1) is 16.1. The number of hydrogen-bond donors (Lipinski definition) is 1. The van der Waals surface area contributed by atoms with Crippen LogP contribution in [0.25, 0.3) is 0 Å². The van der Waals surface area contributed by atoms with Crippen molar-refractivity contribution in [3.63, 3.8) is 0 Å². The van der Waals surface area contributed by atoms with Crippen molar-refractivity contribution in [1.82, 2.24) is 0 Å². The van der Waals surface area contributed by atoms with Gasteiger partial charge in [-0.2, -0.15) is 21.2 Å². The molecule has 1 aromatic carbocycles. The summed E-state index contributed by atoms with van der Waals surface area (Å²) < 4.78 is 86.3. The van der Waals surface area contributed by atoms with Gasteiger partial charge in [0, 0.05) is 5.56 Å². The SMILES string of the molecule is CS(=O)(=O)Oc1c(F)c(F)c(S(=O)(=O)O)c2c1CCCC2. The lowest BCUT2D eigenvalue weighted by atomic mass is 9.90. The van der Waals surface area contributed by atoms with Crippen molar-refractivity contribution in [3.8, 4) is 5.75 Å². The molecule has 1 aromatic rings. The Morgan fingerprint density at radius 1 is 1.00 bits per heavy atom. The predicted octanol–water partition coefficient (Wildman–Crippen LogP) is 1.43. The molecule has 118 valence electrons. The molecule has 0 aliphatic heterocycles. The normalized spacial score (nSPS) is 15.6. The molecular formula is C11H12F2O6S2. The van der Waals surface area contributed by atoms with Gasteiger partial charge in [-0.1, -0.05) is 0 Å². The van der Waals surface area contributed by atoms with E-state index in [1.54, 1.807) is 0 Å². The number of benzene rings is 1. The molecular weight excluding hydrogens is 330 g/mol. The van der Waals surface area contributed by atoms with E-state index in [0.29, 0.717) is 19.1 Å². The molecule has 0 saturated heterocycles. The van der Waals surface area contributed by atoms with Gasteiger partial charge in [-0.05, 0) is 31.2 Å². The molecule has 0 atom stereocenters. The second-order valence-electron chi connectivity index (χ2n) is 4.71. The van der Waals surface area contributed by atoms with Crippen molar-refractivity contribution in [2.75, 3.05) is 6.26 Å². The maximum Gasteiger partial charge on any atom is 0.306 e. The lowest BCUT2D eigenvalue weighted by molar-refractivity contribution is 0.412. The van der Waals surface area contributed by atoms with E-state index < -0.39 is 42.5 Å². The van der Waals surface area contributed by atoms with E-state index in [9.17, 15) is 25.6 Å². The van der Waals surface area contributed by atoms with Crippen LogP contribution in [0.15, 0.2) is 4.90 Å². The van der Waals surface area contributed by atoms with Gasteiger partial charge in [0.25, 0.3) is 10.1 Å². The van der Waals surface area contributed by atoms with Gasteiger partial charge in [0.1, 0.15) is 4.90 Å². The Hall–Kier alpha value is -1.26. The van der Waals surface area contributed by atoms with Crippen LogP contribution in [0.4, 0.5) is 8.78 Å². The molecule has 0 amide bonds. The summed E-state index contributed by atoms with van der Waals surface area (Å²) >= 11 is 0. The molecule has 1 N–H and O–H groups in total. The first-order valence-electron chi connectivity index (χ1n) is 5.92. The van der Waals surface area contributed by atoms with Gasteiger partial charge in [-0.15, -0.1) is 0 Å². The third-order valence-corrected chi connectivity index (χ3v) is 4.51. The fourth-order valence-corrected chi connectivity index (χ4v) is 3.71. The summed E-state index contributed by atoms with van der Waals surface area (Å²) in [5.74, 6) is -4.41. The minimum atomic E-state index is -4.98. The van der Waals surface area contributed by atoms with E-state index in [2.05, 4.69) is 4.18 Å². The Balaban J connectivity index is 2.85. The molecule has 0 radical (unpaired) electrons. The fourth-order valence-electron chi connectivity index (χ4n) is 2.38. The van der Waals surface area contributed by atoms with Gasteiger partial charge in [0.2, 0.25) is 5.82 Å². The molecule has 0 saturated carbocycles. The molecule has 10 heteroatoms. The minimum Gasteiger partial charge on any atom is -0.379 e. The number of rotatable bonds is 3. The Morgan fingerprint density at radius 3 is 2.00 bits per heavy atom. The summed E-state index contributed by atoms with van der Waals surface area (Å²) in [6.45, 7) is 0. The summed E-state index contributed by atoms with van der Waals surface area (Å²) in [4.78, 5) is -1.14. The second kappa shape index (κ2) is 5.18. The lowest BCUT2D eigenvalue weighted by Gasteiger charge is -2.22. The highest BCUT2D eigenvalue weighted by Crippen LogP contribution is 2.39. The average molecular weight is 342 g/mol. The Kier molecular flexibility index (Phi) is 3.98. The van der Waals surface area contributed by atoms with E-state index in [4.69, 9.17) is 4.55 Å². The summed E-state index contributed by atoms with van der Waals surface area (Å²) in [6, 6.07) is 0. The number of fused-ring (bicyclic) bond motifs is 1. The largest absolute Gasteiger partial charge is 0.379 e. The first-order chi connectivity index (χ1) is 9.52. The van der Waals surface area contributed by atoms with Crippen molar-refractivity contribution in [1.29, 1.82) is 0 Å². The van der Waals surface area contributed by atoms with Gasteiger partial charge in [-0.25, -0.2) is 4.39 Å². The highest BCUT2D eigenvalue weighted by molar-refractivity contribution is 7.86. The van der Waals surface area contributed by atoms with E-state index >= 15 is 0 Å². The number of halogens is 2. The highest BCUT2D eigenvalue weighted by atomic mass is 32.2. The Labute approximate surface area is 120 Å². The monoisotopic (exact) mass is 342 g/mol. The van der Waals surface area contributed by atoms with Crippen molar-refractivity contribution >= 4 is 20.2 Å². The summed E-state index contributed by atoms with van der Waals surface area (Å²) in [5.41, 5.74) is -0.181. The van der Waals surface area contributed by atoms with Crippen LogP contribution in [0.1, 0.15) is 24.0 Å². The van der Waals surface area contributed by atoms with Gasteiger partial charge in [-0.3, -0.25) is 4.55 Å². The van der Waals surface area contributed by atoms with Gasteiger partial charge in [0.15, 0.2) is 11.6 Å². The van der Waals surface area contributed by atoms with E-state index in [-0.39, 0.29) is 24.0 Å². The van der Waals surface area contributed by atoms with E-state index in [1.807, 2.05) is 0 Å². The zero-order valence-corrected chi connectivity index (χ0v) is 12.5. The zero-order chi connectivity index (χ0) is 16.0. The van der Waals surface area contributed by atoms with E-state index in [0.717, 1.165) is 0 Å². The van der Waals surface area contributed by atoms with Gasteiger partial charge < -0.3 is 4.18 Å². The maximum atomic E-state index is 14.0. The van der Waals surface area contributed by atoms with Crippen LogP contribution in [0, 0.1) is 11.6 Å². The molecule has 21 heavy (non-hydrogen) atoms. The van der Waals surface area contributed by atoms with Crippen molar-refractivity contribution in [2.24, 2.45) is 0 Å². The summed E-state index contributed by atoms with van der Waals surface area (Å²) in [6.07, 6.45) is 1.89. The van der Waals surface area contributed by atoms with E-state index in [1.165, 1.54) is 0 Å². The predicted molar refractivity (Wildman–Crippen MR) is 68.3 cm³/mol. The summed E-state index contributed by atoms with van der Waals surface area (Å²) in [5, 5.41) is 0. The molecule has 1 aliphatic rings. The molecule has 0 fully saturated rings. The minimum absolute atomic E-state index is 0.0433. The Bertz CT molecular complexity index is 799. The fraction of sp³-hybridized carbons (Fsp3) is 0.455. The molecule has 0 heterocycles. The van der Waals surface area contributed by atoms with Crippen LogP contribution >= 0.6 is 0 Å². The molecule has 0 spiro atoms. The maximum absolute atomic E-state index is 14.0. The average Bonchev–Trinajstić information content (AvgIpc) is 2.32. The summed E-state index contributed by atoms with van der Waals surface area (Å²) in [7, 11) is -9.09. The van der Waals surface area contributed by atoms with Crippen LogP contribution < -0.4 is 4.18 Å². The second-order valence-corrected chi connectivity index (χ2v) is 7.65. The van der Waals surface area contributed by atoms with Gasteiger partial charge in [0.05, 0.1) is 6.26 Å². The van der Waals surface area contributed by atoms with Crippen LogP contribution in [0.5, 0.6) is 5.75 Å². The van der Waals surface area contributed by atoms with Gasteiger partial charge >= 0.3 is 10.1 Å². The number of hydrogen-bond acceptors (Lipinski definition) is 5. The zero-order valence-electron chi connectivity index (χ0n) is 10.9. The first-order valence-corrected chi connectivity index (χ1v) is 9.17. The van der Waals surface area contributed by atoms with Crippen LogP contribution in [0.2, 0.25) is 0 Å². The molecule has 0 unspecified atom stereocenters. The molecule has 2 rings (SSSR count). The molecule has 6 nitrogen and oxygen atoms in total. The van der Waals surface area contributed by atoms with Crippen molar-refractivity contribution in [3.05, 3.63) is 22.8 Å². The standard InChI is InChI=1S/C11H12F2O6S2/c1-20(14,15)19-10-6-4-2-3-5-7(6)11(21(16,17)18)9(13)8(10)12/h2-5H2,1H3,(H,16,17,18). The molecule has 1 aliphatic carbocycles. The third kappa shape index (κ3) is 3.16. The van der Waals surface area contributed by atoms with Crippen LogP contribution in [-0.4, -0.2) is 27.6 Å². The Morgan fingerprint density at radius 2 is 1.52 bits per heavy atom. The van der Waals surface area contributed by atoms with Crippen molar-refractivity contribution < 1.29 is 34.4 Å². The quantitative estimate of drug-likeness (QED) is 0.659. The van der Waals surface area contributed by atoms with Crippen molar-refractivity contribution in [2.45, 2.75) is 30.6 Å². The van der Waals surface area contributed by atoms with Crippen LogP contribution in [0.3, 0.4) is 0 Å². The smallest absolute Gasteiger partial charge is 0.306 e. The topological polar surface area (TPSA) is 97.7 Å². The molecule has 0 bridgehead atoms. The molecule has 0 aromatic heterocycles. The lowest BCUT2D eigenvalue weighted by Crippen LogP contribution is -2.18.